The van der Waals surface area contributed by atoms with E-state index in [0.717, 1.165) is 17.1 Å². The van der Waals surface area contributed by atoms with Gasteiger partial charge in [-0.15, -0.1) is 0 Å². The van der Waals surface area contributed by atoms with Crippen molar-refractivity contribution >= 4 is 50.3 Å². The van der Waals surface area contributed by atoms with Gasteiger partial charge in [-0.3, -0.25) is 0 Å². The van der Waals surface area contributed by atoms with Crippen molar-refractivity contribution in [2.75, 3.05) is 0 Å². The zero-order valence-corrected chi connectivity index (χ0v) is 29.0. The van der Waals surface area contributed by atoms with Crippen LogP contribution >= 0.6 is 11.6 Å². The molecule has 2 nitrogen and oxygen atoms in total. The molecule has 11 rings (SSSR count). The van der Waals surface area contributed by atoms with Crippen LogP contribution in [0.3, 0.4) is 0 Å². The fourth-order valence-corrected chi connectivity index (χ4v) is 9.76. The number of ether oxygens (including phenoxy) is 1. The lowest BCUT2D eigenvalue weighted by molar-refractivity contribution is 0.488. The van der Waals surface area contributed by atoms with Crippen LogP contribution in [0.15, 0.2) is 187 Å². The van der Waals surface area contributed by atoms with Crippen LogP contribution in [0.4, 0.5) is 0 Å². The van der Waals surface area contributed by atoms with Crippen molar-refractivity contribution < 1.29 is 4.74 Å². The number of aromatic nitrogens is 1. The van der Waals surface area contributed by atoms with Crippen molar-refractivity contribution in [3.05, 3.63) is 182 Å². The Morgan fingerprint density at radius 1 is 0.423 bits per heavy atom. The summed E-state index contributed by atoms with van der Waals surface area (Å²) >= 11 is 1.93. The van der Waals surface area contributed by atoms with Gasteiger partial charge in [0.15, 0.2) is 0 Å². The van der Waals surface area contributed by atoms with Gasteiger partial charge in [0.2, 0.25) is 0 Å². The van der Waals surface area contributed by atoms with E-state index in [-0.39, 0.29) is 5.99 Å². The minimum absolute atomic E-state index is 0.150. The van der Waals surface area contributed by atoms with Crippen LogP contribution in [0.25, 0.3) is 72.0 Å². The molecule has 0 saturated carbocycles. The van der Waals surface area contributed by atoms with Gasteiger partial charge < -0.3 is 9.30 Å². The quantitative estimate of drug-likeness (QED) is 0.172. The number of benzene rings is 8. The molecule has 3 heterocycles. The van der Waals surface area contributed by atoms with Gasteiger partial charge >= 0.3 is 0 Å². The van der Waals surface area contributed by atoms with Gasteiger partial charge in [-0.25, -0.2) is 0 Å². The number of hydrogen-bond acceptors (Lipinski definition) is 2. The number of para-hydroxylation sites is 3. The molecule has 242 valence electrons. The van der Waals surface area contributed by atoms with Crippen LogP contribution in [-0.2, 0) is 0 Å². The topological polar surface area (TPSA) is 14.2 Å². The first-order valence-electron chi connectivity index (χ1n) is 17.8. The summed E-state index contributed by atoms with van der Waals surface area (Å²) in [6.07, 6.45) is 0. The third-order valence-corrected chi connectivity index (χ3v) is 12.1. The first kappa shape index (κ1) is 29.5. The van der Waals surface area contributed by atoms with Crippen molar-refractivity contribution in [3.8, 4) is 61.7 Å². The number of nitrogens with zero attached hydrogens (tertiary/aromatic N) is 1. The Morgan fingerprint density at radius 2 is 1.04 bits per heavy atom. The van der Waals surface area contributed by atoms with E-state index in [9.17, 15) is 0 Å². The minimum Gasteiger partial charge on any atom is -0.458 e. The summed E-state index contributed by atoms with van der Waals surface area (Å²) in [6.45, 7) is 0. The van der Waals surface area contributed by atoms with Gasteiger partial charge in [0.1, 0.15) is 11.5 Å². The van der Waals surface area contributed by atoms with Gasteiger partial charge in [0.25, 0.3) is 5.99 Å². The molecule has 0 bridgehead atoms. The molecule has 2 aliphatic heterocycles. The first-order chi connectivity index (χ1) is 25.8. The lowest BCUT2D eigenvalue weighted by Crippen LogP contribution is -2.46. The normalized spacial score (nSPS) is 12.7. The van der Waals surface area contributed by atoms with Gasteiger partial charge in [0, 0.05) is 21.2 Å². The molecule has 0 unspecified atom stereocenters. The molecular formula is C48H30BNOS. The highest BCUT2D eigenvalue weighted by molar-refractivity contribution is 8.28. The average Bonchev–Trinajstić information content (AvgIpc) is 3.55. The average molecular weight is 680 g/mol. The van der Waals surface area contributed by atoms with E-state index in [1.165, 1.54) is 82.3 Å². The van der Waals surface area contributed by atoms with Crippen molar-refractivity contribution in [2.45, 2.75) is 4.90 Å². The summed E-state index contributed by atoms with van der Waals surface area (Å²) in [4.78, 5) is 1.29. The van der Waals surface area contributed by atoms with Crippen molar-refractivity contribution in [1.29, 1.82) is 0 Å². The Morgan fingerprint density at radius 3 is 1.83 bits per heavy atom. The Balaban J connectivity index is 1.01. The van der Waals surface area contributed by atoms with Crippen LogP contribution in [0, 0.1) is 0 Å². The monoisotopic (exact) mass is 679 g/mol. The highest BCUT2D eigenvalue weighted by Gasteiger charge is 2.38. The summed E-state index contributed by atoms with van der Waals surface area (Å²) in [5.41, 5.74) is 15.8. The Hall–Kier alpha value is -6.23. The summed E-state index contributed by atoms with van der Waals surface area (Å²) in [7, 11) is 0. The lowest BCUT2D eigenvalue weighted by Gasteiger charge is -2.32. The Labute approximate surface area is 307 Å². The van der Waals surface area contributed by atoms with E-state index in [1.807, 2.05) is 11.6 Å². The van der Waals surface area contributed by atoms with Gasteiger partial charge in [-0.1, -0.05) is 140 Å². The second-order valence-electron chi connectivity index (χ2n) is 13.6. The number of fused-ring (bicyclic) bond motifs is 7. The van der Waals surface area contributed by atoms with Gasteiger partial charge in [-0.05, 0) is 92.3 Å². The molecule has 52 heavy (non-hydrogen) atoms. The van der Waals surface area contributed by atoms with E-state index < -0.39 is 0 Å². The lowest BCUT2D eigenvalue weighted by atomic mass is 9.57. The molecule has 1 aromatic heterocycles. The Kier molecular flexibility index (Phi) is 6.62. The second-order valence-corrected chi connectivity index (χ2v) is 14.7. The molecule has 0 saturated heterocycles. The van der Waals surface area contributed by atoms with Crippen molar-refractivity contribution in [2.24, 2.45) is 0 Å². The number of hydrogen-bond donors (Lipinski definition) is 0. The molecule has 0 radical (unpaired) electrons. The van der Waals surface area contributed by atoms with E-state index in [1.54, 1.807) is 0 Å². The predicted octanol–water partition coefficient (Wildman–Crippen LogP) is 11.8. The summed E-state index contributed by atoms with van der Waals surface area (Å²) < 4.78 is 9.22. The maximum absolute atomic E-state index is 6.80. The molecule has 0 amide bonds. The van der Waals surface area contributed by atoms with Crippen LogP contribution in [0.2, 0.25) is 0 Å². The molecular weight excluding hydrogens is 649 g/mol. The van der Waals surface area contributed by atoms with Crippen LogP contribution in [0.1, 0.15) is 0 Å². The molecule has 9 aromatic rings. The van der Waals surface area contributed by atoms with Crippen LogP contribution in [0.5, 0.6) is 11.5 Å². The summed E-state index contributed by atoms with van der Waals surface area (Å²) in [5.74, 6) is 2.03. The largest absolute Gasteiger partial charge is 0.458 e. The highest BCUT2D eigenvalue weighted by atomic mass is 32.2. The van der Waals surface area contributed by atoms with E-state index in [4.69, 9.17) is 4.74 Å². The molecule has 0 atom stereocenters. The standard InChI is InChI=1S/C48H30BNOS/c1-2-13-31(14-3-1)34-15-4-5-16-35(34)33-25-27-41-46(30-33)51-45-24-12-20-39-40-29-32(26-28-47(40)52-49(41)48(39)45)36-17-6-9-21-42(36)50-43-22-10-7-18-37(43)38-19-8-11-23-44(38)50/h1-30H. The molecule has 0 aliphatic carbocycles. The molecule has 8 aromatic carbocycles. The summed E-state index contributed by atoms with van der Waals surface area (Å²) in [5, 5.41) is 2.54. The summed E-state index contributed by atoms with van der Waals surface area (Å²) in [6, 6.07) is 65.9. The van der Waals surface area contributed by atoms with Crippen LogP contribution < -0.4 is 15.7 Å². The second kappa shape index (κ2) is 11.7. The van der Waals surface area contributed by atoms with Crippen LogP contribution in [-0.4, -0.2) is 10.6 Å². The maximum Gasteiger partial charge on any atom is 0.289 e. The van der Waals surface area contributed by atoms with Gasteiger partial charge in [0.05, 0.1) is 16.7 Å². The fraction of sp³-hybridized carbons (Fsp3) is 0. The number of rotatable bonds is 4. The smallest absolute Gasteiger partial charge is 0.289 e. The third-order valence-electron chi connectivity index (χ3n) is 10.7. The predicted molar refractivity (Wildman–Crippen MR) is 220 cm³/mol. The first-order valence-corrected chi connectivity index (χ1v) is 18.7. The third kappa shape index (κ3) is 4.48. The zero-order valence-electron chi connectivity index (χ0n) is 28.2. The molecule has 0 fully saturated rings. The Bertz CT molecular complexity index is 2820. The molecule has 2 aliphatic rings. The van der Waals surface area contributed by atoms with E-state index in [0.29, 0.717) is 0 Å². The van der Waals surface area contributed by atoms with E-state index >= 15 is 0 Å². The molecule has 0 N–H and O–H groups in total. The van der Waals surface area contributed by atoms with Crippen molar-refractivity contribution in [3.63, 3.8) is 0 Å². The van der Waals surface area contributed by atoms with Gasteiger partial charge in [-0.2, -0.15) is 11.6 Å². The molecule has 0 spiro atoms. The minimum atomic E-state index is 0.150. The highest BCUT2D eigenvalue weighted by Crippen LogP contribution is 2.46. The van der Waals surface area contributed by atoms with E-state index in [2.05, 4.69) is 187 Å². The SMILES string of the molecule is c1ccc(-c2ccccc2-c2ccc3c(c2)Oc2cccc4c2B3Sc2ccc(-c3ccccc3-n3c5ccccc5c5ccccc53)cc2-4)cc1. The molecule has 4 heteroatoms. The zero-order chi connectivity index (χ0) is 34.2. The van der Waals surface area contributed by atoms with Crippen molar-refractivity contribution in [1.82, 2.24) is 4.57 Å². The maximum atomic E-state index is 6.80. The fourth-order valence-electron chi connectivity index (χ4n) is 8.38.